The predicted molar refractivity (Wildman–Crippen MR) is 110 cm³/mol. The highest BCUT2D eigenvalue weighted by Gasteiger charge is 2.27. The molecular weight excluding hydrogens is 354 g/mol. The van der Waals surface area contributed by atoms with Gasteiger partial charge in [-0.3, -0.25) is 14.5 Å². The number of fused-ring (bicyclic) bond motifs is 1. The van der Waals surface area contributed by atoms with Crippen molar-refractivity contribution in [3.8, 4) is 5.75 Å². The van der Waals surface area contributed by atoms with Gasteiger partial charge < -0.3 is 14.2 Å². The van der Waals surface area contributed by atoms with Gasteiger partial charge in [0.25, 0.3) is 11.5 Å². The molecule has 6 heteroatoms. The molecule has 2 aliphatic rings. The van der Waals surface area contributed by atoms with Crippen molar-refractivity contribution in [2.24, 2.45) is 7.05 Å². The molecule has 2 heterocycles. The zero-order valence-corrected chi connectivity index (χ0v) is 16.6. The Bertz CT molecular complexity index is 894. The van der Waals surface area contributed by atoms with E-state index in [0.717, 1.165) is 37.1 Å². The molecule has 1 saturated heterocycles. The summed E-state index contributed by atoms with van der Waals surface area (Å²) in [7, 11) is 1.74. The van der Waals surface area contributed by atoms with E-state index in [9.17, 15) is 9.59 Å². The third-order valence-corrected chi connectivity index (χ3v) is 6.23. The molecule has 0 radical (unpaired) electrons. The van der Waals surface area contributed by atoms with E-state index in [4.69, 9.17) is 4.74 Å². The number of piperazine rings is 1. The summed E-state index contributed by atoms with van der Waals surface area (Å²) in [5, 5.41) is 0.847. The Morgan fingerprint density at radius 1 is 1.07 bits per heavy atom. The fourth-order valence-corrected chi connectivity index (χ4v) is 4.51. The van der Waals surface area contributed by atoms with Crippen LogP contribution in [0.5, 0.6) is 5.75 Å². The zero-order valence-electron chi connectivity index (χ0n) is 16.6. The van der Waals surface area contributed by atoms with Crippen LogP contribution in [0.15, 0.2) is 35.1 Å². The average Bonchev–Trinajstić information content (AvgIpc) is 2.76. The van der Waals surface area contributed by atoms with E-state index in [1.165, 1.54) is 38.2 Å². The van der Waals surface area contributed by atoms with Crippen LogP contribution in [0.3, 0.4) is 0 Å². The summed E-state index contributed by atoms with van der Waals surface area (Å²) >= 11 is 0. The highest BCUT2D eigenvalue weighted by Crippen LogP contribution is 2.24. The molecular formula is C22H29N3O3. The van der Waals surface area contributed by atoms with Gasteiger partial charge in [-0.25, -0.2) is 0 Å². The molecule has 2 fully saturated rings. The highest BCUT2D eigenvalue weighted by molar-refractivity contribution is 5.86. The summed E-state index contributed by atoms with van der Waals surface area (Å²) < 4.78 is 7.39. The third-order valence-electron chi connectivity index (χ3n) is 6.23. The molecule has 0 bridgehead atoms. The van der Waals surface area contributed by atoms with Crippen molar-refractivity contribution >= 4 is 16.8 Å². The van der Waals surface area contributed by atoms with E-state index in [-0.39, 0.29) is 18.1 Å². The molecule has 1 amide bonds. The molecule has 150 valence electrons. The molecule has 0 unspecified atom stereocenters. The molecule has 1 saturated carbocycles. The fourth-order valence-electron chi connectivity index (χ4n) is 4.51. The number of hydrogen-bond donors (Lipinski definition) is 0. The first-order chi connectivity index (χ1) is 13.6. The number of aryl methyl sites for hydroxylation is 1. The van der Waals surface area contributed by atoms with Crippen LogP contribution in [0, 0.1) is 0 Å². The average molecular weight is 383 g/mol. The monoisotopic (exact) mass is 383 g/mol. The van der Waals surface area contributed by atoms with Gasteiger partial charge in [-0.15, -0.1) is 0 Å². The lowest BCUT2D eigenvalue weighted by atomic mass is 9.94. The number of carbonyl (C=O) groups is 1. The van der Waals surface area contributed by atoms with Crippen LogP contribution in [0.2, 0.25) is 0 Å². The summed E-state index contributed by atoms with van der Waals surface area (Å²) in [5.74, 6) is 0.473. The Morgan fingerprint density at radius 2 is 1.79 bits per heavy atom. The number of carbonyl (C=O) groups excluding carboxylic acids is 1. The molecule has 4 rings (SSSR count). The first kappa shape index (κ1) is 19.0. The number of nitrogens with zero attached hydrogens (tertiary/aromatic N) is 3. The second kappa shape index (κ2) is 8.35. The minimum Gasteiger partial charge on any atom is -0.483 e. The number of benzene rings is 1. The van der Waals surface area contributed by atoms with E-state index in [0.29, 0.717) is 11.8 Å². The number of aromatic nitrogens is 1. The molecule has 0 atom stereocenters. The Hall–Kier alpha value is -2.34. The number of pyridine rings is 1. The molecule has 0 spiro atoms. The van der Waals surface area contributed by atoms with Crippen LogP contribution in [0.25, 0.3) is 10.9 Å². The van der Waals surface area contributed by atoms with E-state index >= 15 is 0 Å². The topological polar surface area (TPSA) is 54.8 Å². The minimum absolute atomic E-state index is 0.00643. The Labute approximate surface area is 165 Å². The predicted octanol–water partition coefficient (Wildman–Crippen LogP) is 2.39. The van der Waals surface area contributed by atoms with Crippen LogP contribution in [-0.2, 0) is 11.8 Å². The molecule has 28 heavy (non-hydrogen) atoms. The molecule has 0 N–H and O–H groups in total. The minimum atomic E-state index is -0.137. The van der Waals surface area contributed by atoms with Crippen molar-refractivity contribution < 1.29 is 9.53 Å². The van der Waals surface area contributed by atoms with Gasteiger partial charge >= 0.3 is 0 Å². The van der Waals surface area contributed by atoms with Gasteiger partial charge in [-0.1, -0.05) is 31.4 Å². The summed E-state index contributed by atoms with van der Waals surface area (Å²) in [4.78, 5) is 29.3. The normalized spacial score (nSPS) is 19.1. The molecule has 1 aliphatic carbocycles. The summed E-state index contributed by atoms with van der Waals surface area (Å²) in [6, 6.07) is 9.77. The largest absolute Gasteiger partial charge is 0.483 e. The van der Waals surface area contributed by atoms with Crippen LogP contribution in [-0.4, -0.2) is 59.1 Å². The smallest absolute Gasteiger partial charge is 0.260 e. The second-order valence-corrected chi connectivity index (χ2v) is 7.92. The van der Waals surface area contributed by atoms with Crippen molar-refractivity contribution in [1.29, 1.82) is 0 Å². The quantitative estimate of drug-likeness (QED) is 0.814. The Morgan fingerprint density at radius 3 is 2.54 bits per heavy atom. The van der Waals surface area contributed by atoms with E-state index in [2.05, 4.69) is 4.90 Å². The maximum absolute atomic E-state index is 12.6. The van der Waals surface area contributed by atoms with Crippen molar-refractivity contribution in [1.82, 2.24) is 14.4 Å². The Kier molecular flexibility index (Phi) is 5.67. The number of amides is 1. The lowest BCUT2D eigenvalue weighted by Gasteiger charge is -2.40. The van der Waals surface area contributed by atoms with Gasteiger partial charge in [-0.2, -0.15) is 0 Å². The van der Waals surface area contributed by atoms with Gasteiger partial charge in [0, 0.05) is 50.7 Å². The van der Waals surface area contributed by atoms with Gasteiger partial charge in [-0.05, 0) is 25.0 Å². The van der Waals surface area contributed by atoms with Gasteiger partial charge in [0.2, 0.25) is 0 Å². The second-order valence-electron chi connectivity index (χ2n) is 7.92. The lowest BCUT2D eigenvalue weighted by Crippen LogP contribution is -2.53. The van der Waals surface area contributed by atoms with Crippen LogP contribution >= 0.6 is 0 Å². The van der Waals surface area contributed by atoms with Crippen LogP contribution < -0.4 is 10.3 Å². The SMILES string of the molecule is Cn1c(=O)cc(OCC(=O)N2CCN(C3CCCCC3)CC2)c2ccccc21. The summed E-state index contributed by atoms with van der Waals surface area (Å²) in [6.07, 6.45) is 6.63. The number of rotatable bonds is 4. The van der Waals surface area contributed by atoms with Crippen molar-refractivity contribution in [2.45, 2.75) is 38.1 Å². The summed E-state index contributed by atoms with van der Waals surface area (Å²) in [5.41, 5.74) is 0.667. The van der Waals surface area contributed by atoms with E-state index < -0.39 is 0 Å². The molecule has 1 aromatic heterocycles. The van der Waals surface area contributed by atoms with Crippen LogP contribution in [0.1, 0.15) is 32.1 Å². The fraction of sp³-hybridized carbons (Fsp3) is 0.545. The number of hydrogen-bond acceptors (Lipinski definition) is 4. The van der Waals surface area contributed by atoms with Gasteiger partial charge in [0.1, 0.15) is 5.75 Å². The molecule has 6 nitrogen and oxygen atoms in total. The third kappa shape index (κ3) is 3.92. The zero-order chi connectivity index (χ0) is 19.5. The first-order valence-corrected chi connectivity index (χ1v) is 10.4. The number of para-hydroxylation sites is 1. The molecule has 1 aliphatic heterocycles. The van der Waals surface area contributed by atoms with Crippen molar-refractivity contribution in [3.63, 3.8) is 0 Å². The van der Waals surface area contributed by atoms with Gasteiger partial charge in [0.15, 0.2) is 6.61 Å². The van der Waals surface area contributed by atoms with Crippen molar-refractivity contribution in [3.05, 3.63) is 40.7 Å². The van der Waals surface area contributed by atoms with Crippen LogP contribution in [0.4, 0.5) is 0 Å². The summed E-state index contributed by atoms with van der Waals surface area (Å²) in [6.45, 7) is 3.39. The molecule has 2 aromatic rings. The van der Waals surface area contributed by atoms with Gasteiger partial charge in [0.05, 0.1) is 5.52 Å². The first-order valence-electron chi connectivity index (χ1n) is 10.4. The lowest BCUT2D eigenvalue weighted by molar-refractivity contribution is -0.135. The maximum atomic E-state index is 12.6. The number of ether oxygens (including phenoxy) is 1. The van der Waals surface area contributed by atoms with Crippen molar-refractivity contribution in [2.75, 3.05) is 32.8 Å². The van der Waals surface area contributed by atoms with E-state index in [1.54, 1.807) is 11.6 Å². The highest BCUT2D eigenvalue weighted by atomic mass is 16.5. The Balaban J connectivity index is 1.36. The van der Waals surface area contributed by atoms with E-state index in [1.807, 2.05) is 29.2 Å². The standard InChI is InChI=1S/C22H29N3O3/c1-23-19-10-6-5-9-18(19)20(15-21(23)26)28-16-22(27)25-13-11-24(12-14-25)17-7-3-2-4-8-17/h5-6,9-10,15,17H,2-4,7-8,11-14,16H2,1H3. The molecule has 1 aromatic carbocycles. The maximum Gasteiger partial charge on any atom is 0.260 e.